The van der Waals surface area contributed by atoms with Crippen LogP contribution in [0.25, 0.3) is 5.70 Å². The highest BCUT2D eigenvalue weighted by Crippen LogP contribution is 2.32. The molecule has 0 aliphatic carbocycles. The van der Waals surface area contributed by atoms with Crippen LogP contribution < -0.4 is 5.32 Å². The highest BCUT2D eigenvalue weighted by molar-refractivity contribution is 9.10. The fourth-order valence-corrected chi connectivity index (χ4v) is 2.89. The number of fused-ring (bicyclic) bond motifs is 1. The van der Waals surface area contributed by atoms with Gasteiger partial charge in [0, 0.05) is 10.2 Å². The van der Waals surface area contributed by atoms with Crippen molar-refractivity contribution < 1.29 is 4.39 Å². The van der Waals surface area contributed by atoms with E-state index in [9.17, 15) is 4.39 Å². The molecule has 23 heavy (non-hydrogen) atoms. The molecule has 0 bridgehead atoms. The number of hydrogen-bond acceptors (Lipinski definition) is 3. The Kier molecular flexibility index (Phi) is 3.46. The van der Waals surface area contributed by atoms with E-state index in [1.54, 1.807) is 12.1 Å². The van der Waals surface area contributed by atoms with Gasteiger partial charge in [0.15, 0.2) is 0 Å². The average Bonchev–Trinajstić information content (AvgIpc) is 3.04. The van der Waals surface area contributed by atoms with Crippen molar-refractivity contribution in [3.8, 4) is 0 Å². The normalized spacial score (nSPS) is 16.4. The van der Waals surface area contributed by atoms with E-state index < -0.39 is 0 Å². The van der Waals surface area contributed by atoms with Crippen molar-refractivity contribution in [3.63, 3.8) is 0 Å². The lowest BCUT2D eigenvalue weighted by Crippen LogP contribution is -2.20. The zero-order chi connectivity index (χ0) is 15.8. The summed E-state index contributed by atoms with van der Waals surface area (Å²) in [6.45, 7) is 0. The monoisotopic (exact) mass is 370 g/mol. The minimum absolute atomic E-state index is 0.0677. The Morgan fingerprint density at radius 1 is 1.04 bits per heavy atom. The summed E-state index contributed by atoms with van der Waals surface area (Å²) in [5.41, 5.74) is 2.89. The Morgan fingerprint density at radius 2 is 1.78 bits per heavy atom. The van der Waals surface area contributed by atoms with Gasteiger partial charge in [0.05, 0.1) is 0 Å². The van der Waals surface area contributed by atoms with Crippen LogP contribution in [0.3, 0.4) is 0 Å². The van der Waals surface area contributed by atoms with E-state index >= 15 is 0 Å². The van der Waals surface area contributed by atoms with Crippen LogP contribution in [-0.2, 0) is 0 Å². The van der Waals surface area contributed by atoms with Gasteiger partial charge in [0.1, 0.15) is 18.2 Å². The summed E-state index contributed by atoms with van der Waals surface area (Å²) in [7, 11) is 0. The second kappa shape index (κ2) is 5.62. The summed E-state index contributed by atoms with van der Waals surface area (Å²) in [6.07, 6.45) is 3.59. The zero-order valence-electron chi connectivity index (χ0n) is 11.9. The van der Waals surface area contributed by atoms with Gasteiger partial charge in [0.25, 0.3) is 0 Å². The van der Waals surface area contributed by atoms with E-state index in [1.807, 2.05) is 28.9 Å². The van der Waals surface area contributed by atoms with E-state index in [4.69, 9.17) is 0 Å². The van der Waals surface area contributed by atoms with E-state index in [-0.39, 0.29) is 11.9 Å². The maximum Gasteiger partial charge on any atom is 0.226 e. The lowest BCUT2D eigenvalue weighted by Gasteiger charge is -2.24. The molecule has 1 aliphatic rings. The number of benzene rings is 2. The van der Waals surface area contributed by atoms with Gasteiger partial charge in [-0.3, -0.25) is 0 Å². The molecule has 0 radical (unpaired) electrons. The summed E-state index contributed by atoms with van der Waals surface area (Å²) in [5, 5.41) is 7.55. The first kappa shape index (κ1) is 14.1. The summed E-state index contributed by atoms with van der Waals surface area (Å²) in [5.74, 6) is 0.414. The van der Waals surface area contributed by atoms with Crippen LogP contribution in [0.2, 0.25) is 0 Å². The molecule has 114 valence electrons. The van der Waals surface area contributed by atoms with Crippen LogP contribution in [0, 0.1) is 5.82 Å². The molecule has 1 aliphatic heterocycles. The highest BCUT2D eigenvalue weighted by atomic mass is 79.9. The topological polar surface area (TPSA) is 42.7 Å². The van der Waals surface area contributed by atoms with Gasteiger partial charge in [-0.15, -0.1) is 0 Å². The lowest BCUT2D eigenvalue weighted by molar-refractivity contribution is 0.611. The van der Waals surface area contributed by atoms with Crippen LogP contribution in [0.5, 0.6) is 0 Å². The zero-order valence-corrected chi connectivity index (χ0v) is 13.5. The first-order valence-corrected chi connectivity index (χ1v) is 7.90. The van der Waals surface area contributed by atoms with Gasteiger partial charge in [-0.1, -0.05) is 28.1 Å². The van der Waals surface area contributed by atoms with E-state index in [2.05, 4.69) is 37.4 Å². The van der Waals surface area contributed by atoms with Gasteiger partial charge in [-0.2, -0.15) is 10.1 Å². The molecule has 3 aromatic rings. The molecule has 1 atom stereocenters. The Balaban J connectivity index is 1.79. The van der Waals surface area contributed by atoms with Crippen LogP contribution in [0.4, 0.5) is 10.3 Å². The minimum Gasteiger partial charge on any atom is -0.324 e. The predicted octanol–water partition coefficient (Wildman–Crippen LogP) is 4.24. The summed E-state index contributed by atoms with van der Waals surface area (Å²) < 4.78 is 16.0. The van der Waals surface area contributed by atoms with Crippen molar-refractivity contribution in [1.82, 2.24) is 14.8 Å². The van der Waals surface area contributed by atoms with Crippen LogP contribution >= 0.6 is 15.9 Å². The molecule has 1 aromatic heterocycles. The van der Waals surface area contributed by atoms with E-state index in [0.717, 1.165) is 21.3 Å². The molecule has 0 saturated heterocycles. The summed E-state index contributed by atoms with van der Waals surface area (Å²) in [6, 6.07) is 14.4. The molecule has 0 spiro atoms. The Labute approximate surface area is 140 Å². The van der Waals surface area contributed by atoms with Crippen molar-refractivity contribution >= 4 is 27.6 Å². The summed E-state index contributed by atoms with van der Waals surface area (Å²) >= 11 is 3.45. The van der Waals surface area contributed by atoms with Gasteiger partial charge in [-0.05, 0) is 53.6 Å². The minimum atomic E-state index is -0.252. The number of hydrogen-bond donors (Lipinski definition) is 1. The van der Waals surface area contributed by atoms with E-state index in [0.29, 0.717) is 5.95 Å². The fourth-order valence-electron chi connectivity index (χ4n) is 2.63. The molecular formula is C17H12BrFN4. The molecule has 2 aromatic carbocycles. The third kappa shape index (κ3) is 2.66. The molecule has 4 nitrogen and oxygen atoms in total. The van der Waals surface area contributed by atoms with Crippen LogP contribution in [-0.4, -0.2) is 14.8 Å². The van der Waals surface area contributed by atoms with Crippen LogP contribution in [0.15, 0.2) is 65.4 Å². The van der Waals surface area contributed by atoms with Crippen molar-refractivity contribution in [1.29, 1.82) is 0 Å². The Hall–Kier alpha value is -2.47. The molecule has 2 heterocycles. The van der Waals surface area contributed by atoms with Gasteiger partial charge >= 0.3 is 0 Å². The highest BCUT2D eigenvalue weighted by Gasteiger charge is 2.23. The predicted molar refractivity (Wildman–Crippen MR) is 90.3 cm³/mol. The van der Waals surface area contributed by atoms with Crippen LogP contribution in [0.1, 0.15) is 17.2 Å². The number of halogens is 2. The maximum absolute atomic E-state index is 13.2. The second-order valence-electron chi connectivity index (χ2n) is 5.24. The lowest BCUT2D eigenvalue weighted by atomic mass is 10.0. The number of allylic oxidation sites excluding steroid dienone is 1. The number of nitrogens with one attached hydrogen (secondary N) is 1. The van der Waals surface area contributed by atoms with Gasteiger partial charge in [-0.25, -0.2) is 9.07 Å². The SMILES string of the molecule is Fc1ccc(C2=C[C@@H](c3ccc(Br)cc3)n3ncnc3N2)cc1. The number of anilines is 1. The Morgan fingerprint density at radius 3 is 2.52 bits per heavy atom. The molecule has 1 N–H and O–H groups in total. The standard InChI is InChI=1S/C17H12BrFN4/c18-13-5-1-12(2-6-13)16-9-15(11-3-7-14(19)8-4-11)22-17-20-10-21-23(16)17/h1-10,16H,(H,20,21,22)/t16-/m0/s1. The molecule has 0 unspecified atom stereocenters. The third-order valence-electron chi connectivity index (χ3n) is 3.77. The molecule has 6 heteroatoms. The largest absolute Gasteiger partial charge is 0.324 e. The maximum atomic E-state index is 13.2. The smallest absolute Gasteiger partial charge is 0.226 e. The van der Waals surface area contributed by atoms with Crippen molar-refractivity contribution in [3.05, 3.63) is 82.4 Å². The molecule has 0 fully saturated rings. The molecule has 0 saturated carbocycles. The van der Waals surface area contributed by atoms with Gasteiger partial charge in [0.2, 0.25) is 5.95 Å². The second-order valence-corrected chi connectivity index (χ2v) is 6.15. The van der Waals surface area contributed by atoms with E-state index in [1.165, 1.54) is 18.5 Å². The average molecular weight is 371 g/mol. The first-order chi connectivity index (χ1) is 11.2. The third-order valence-corrected chi connectivity index (χ3v) is 4.30. The summed E-state index contributed by atoms with van der Waals surface area (Å²) in [4.78, 5) is 4.26. The van der Waals surface area contributed by atoms with Crippen molar-refractivity contribution in [2.75, 3.05) is 5.32 Å². The van der Waals surface area contributed by atoms with Gasteiger partial charge < -0.3 is 5.32 Å². The van der Waals surface area contributed by atoms with Crippen molar-refractivity contribution in [2.24, 2.45) is 0 Å². The fraction of sp³-hybridized carbons (Fsp3) is 0.0588. The van der Waals surface area contributed by atoms with Crippen molar-refractivity contribution in [2.45, 2.75) is 6.04 Å². The number of rotatable bonds is 2. The number of aromatic nitrogens is 3. The first-order valence-electron chi connectivity index (χ1n) is 7.10. The molecule has 4 rings (SSSR count). The molecular weight excluding hydrogens is 359 g/mol. The Bertz CT molecular complexity index is 868. The molecule has 0 amide bonds. The number of nitrogens with zero attached hydrogens (tertiary/aromatic N) is 3. The quantitative estimate of drug-likeness (QED) is 0.733.